The first-order chi connectivity index (χ1) is 11.6. The lowest BCUT2D eigenvalue weighted by atomic mass is 9.90. The molecule has 0 aliphatic rings. The lowest BCUT2D eigenvalue weighted by Gasteiger charge is -2.37. The minimum absolute atomic E-state index is 0.0220. The van der Waals surface area contributed by atoms with Crippen molar-refractivity contribution in [1.29, 1.82) is 0 Å². The third-order valence-corrected chi connectivity index (χ3v) is 4.59. The first kappa shape index (κ1) is 20.5. The van der Waals surface area contributed by atoms with Crippen LogP contribution in [0.4, 0.5) is 0 Å². The van der Waals surface area contributed by atoms with E-state index in [0.29, 0.717) is 12.6 Å². The standard InChI is InChI=1S/C19H34N4O/c1-6-19(7-2,15-22-18(20-4)21-13-14-24-5)23-16(3)17-11-9-8-10-12-17/h8-12,16,23H,6-7,13-15H2,1-5H3,(H2,20,21,22). The maximum atomic E-state index is 5.07. The average Bonchev–Trinajstić information content (AvgIpc) is 2.64. The minimum atomic E-state index is 0.0220. The predicted molar refractivity (Wildman–Crippen MR) is 103 cm³/mol. The number of aliphatic imine (C=N–C) groups is 1. The Labute approximate surface area is 147 Å². The quantitative estimate of drug-likeness (QED) is 0.350. The Bertz CT molecular complexity index is 472. The Morgan fingerprint density at radius 1 is 1.17 bits per heavy atom. The summed E-state index contributed by atoms with van der Waals surface area (Å²) in [6.07, 6.45) is 2.09. The van der Waals surface area contributed by atoms with E-state index in [1.807, 2.05) is 0 Å². The number of rotatable bonds is 10. The smallest absolute Gasteiger partial charge is 0.191 e. The van der Waals surface area contributed by atoms with Gasteiger partial charge in [-0.1, -0.05) is 44.2 Å². The van der Waals surface area contributed by atoms with E-state index in [1.165, 1.54) is 5.56 Å². The summed E-state index contributed by atoms with van der Waals surface area (Å²) in [5, 5.41) is 10.5. The van der Waals surface area contributed by atoms with Gasteiger partial charge >= 0.3 is 0 Å². The van der Waals surface area contributed by atoms with E-state index in [0.717, 1.165) is 31.9 Å². The fourth-order valence-electron chi connectivity index (χ4n) is 2.78. The van der Waals surface area contributed by atoms with Crippen molar-refractivity contribution in [3.8, 4) is 0 Å². The molecular formula is C19H34N4O. The number of hydrogen-bond acceptors (Lipinski definition) is 3. The summed E-state index contributed by atoms with van der Waals surface area (Å²) >= 11 is 0. The van der Waals surface area contributed by atoms with Crippen LogP contribution in [0, 0.1) is 0 Å². The second kappa shape index (κ2) is 11.0. The minimum Gasteiger partial charge on any atom is -0.383 e. The van der Waals surface area contributed by atoms with Gasteiger partial charge in [0.05, 0.1) is 6.61 Å². The molecule has 5 nitrogen and oxygen atoms in total. The van der Waals surface area contributed by atoms with Crippen LogP contribution < -0.4 is 16.0 Å². The number of nitrogens with one attached hydrogen (secondary N) is 3. The Kier molecular flexibility index (Phi) is 9.42. The first-order valence-electron chi connectivity index (χ1n) is 8.87. The molecule has 0 fully saturated rings. The molecule has 0 heterocycles. The molecule has 1 atom stereocenters. The second-order valence-corrected chi connectivity index (χ2v) is 6.11. The third kappa shape index (κ3) is 6.49. The average molecular weight is 335 g/mol. The van der Waals surface area contributed by atoms with Crippen molar-refractivity contribution in [2.45, 2.75) is 45.2 Å². The fourth-order valence-corrected chi connectivity index (χ4v) is 2.78. The van der Waals surface area contributed by atoms with Crippen LogP contribution in [0.3, 0.4) is 0 Å². The van der Waals surface area contributed by atoms with Gasteiger partial charge in [-0.15, -0.1) is 0 Å². The number of hydrogen-bond donors (Lipinski definition) is 3. The highest BCUT2D eigenvalue weighted by atomic mass is 16.5. The molecule has 0 aliphatic carbocycles. The first-order valence-corrected chi connectivity index (χ1v) is 8.87. The topological polar surface area (TPSA) is 57.7 Å². The summed E-state index contributed by atoms with van der Waals surface area (Å²) in [6.45, 7) is 8.92. The molecule has 0 saturated heterocycles. The molecule has 1 aromatic rings. The molecule has 3 N–H and O–H groups in total. The number of guanidine groups is 1. The molecule has 0 aromatic heterocycles. The van der Waals surface area contributed by atoms with E-state index in [2.05, 4.69) is 72.0 Å². The number of ether oxygens (including phenoxy) is 1. The molecule has 1 unspecified atom stereocenters. The van der Waals surface area contributed by atoms with Gasteiger partial charge in [0.25, 0.3) is 0 Å². The summed E-state index contributed by atoms with van der Waals surface area (Å²) in [4.78, 5) is 4.28. The normalized spacial score (nSPS) is 13.6. The van der Waals surface area contributed by atoms with Crippen LogP contribution in [0.25, 0.3) is 0 Å². The van der Waals surface area contributed by atoms with Crippen LogP contribution >= 0.6 is 0 Å². The molecule has 0 spiro atoms. The van der Waals surface area contributed by atoms with Crippen molar-refractivity contribution in [1.82, 2.24) is 16.0 Å². The molecule has 5 heteroatoms. The van der Waals surface area contributed by atoms with Gasteiger partial charge in [-0.25, -0.2) is 0 Å². The second-order valence-electron chi connectivity index (χ2n) is 6.11. The van der Waals surface area contributed by atoms with E-state index < -0.39 is 0 Å². The van der Waals surface area contributed by atoms with Crippen molar-refractivity contribution in [3.05, 3.63) is 35.9 Å². The van der Waals surface area contributed by atoms with Gasteiger partial charge in [-0.2, -0.15) is 0 Å². The molecule has 1 aromatic carbocycles. The summed E-state index contributed by atoms with van der Waals surface area (Å²) in [6, 6.07) is 10.9. The van der Waals surface area contributed by atoms with Gasteiger partial charge in [0.1, 0.15) is 0 Å². The summed E-state index contributed by atoms with van der Waals surface area (Å²) in [5.74, 6) is 0.812. The monoisotopic (exact) mass is 334 g/mol. The summed E-state index contributed by atoms with van der Waals surface area (Å²) in [5.41, 5.74) is 1.33. The number of nitrogens with zero attached hydrogens (tertiary/aromatic N) is 1. The zero-order valence-corrected chi connectivity index (χ0v) is 15.9. The number of methoxy groups -OCH3 is 1. The predicted octanol–water partition coefficient (Wildman–Crippen LogP) is 2.71. The Morgan fingerprint density at radius 3 is 2.38 bits per heavy atom. The molecule has 0 bridgehead atoms. The van der Waals surface area contributed by atoms with Crippen LogP contribution in [-0.2, 0) is 4.74 Å². The van der Waals surface area contributed by atoms with Crippen LogP contribution in [0.5, 0.6) is 0 Å². The fraction of sp³-hybridized carbons (Fsp3) is 0.632. The van der Waals surface area contributed by atoms with Crippen LogP contribution in [-0.4, -0.2) is 45.4 Å². The molecule has 0 radical (unpaired) electrons. The molecule has 0 amide bonds. The summed E-state index contributed by atoms with van der Waals surface area (Å²) < 4.78 is 5.07. The van der Waals surface area contributed by atoms with E-state index >= 15 is 0 Å². The Hall–Kier alpha value is -1.59. The number of benzene rings is 1. The van der Waals surface area contributed by atoms with Gasteiger partial charge in [0.15, 0.2) is 5.96 Å². The highest BCUT2D eigenvalue weighted by molar-refractivity contribution is 5.79. The maximum Gasteiger partial charge on any atom is 0.191 e. The van der Waals surface area contributed by atoms with Crippen LogP contribution in [0.2, 0.25) is 0 Å². The molecular weight excluding hydrogens is 300 g/mol. The van der Waals surface area contributed by atoms with Gasteiger partial charge in [0.2, 0.25) is 0 Å². The summed E-state index contributed by atoms with van der Waals surface area (Å²) in [7, 11) is 3.49. The van der Waals surface area contributed by atoms with Gasteiger partial charge in [-0.3, -0.25) is 4.99 Å². The van der Waals surface area contributed by atoms with Crippen molar-refractivity contribution in [2.75, 3.05) is 33.9 Å². The van der Waals surface area contributed by atoms with Crippen LogP contribution in [0.15, 0.2) is 35.3 Å². The van der Waals surface area contributed by atoms with Crippen LogP contribution in [0.1, 0.15) is 45.2 Å². The highest BCUT2D eigenvalue weighted by Crippen LogP contribution is 2.21. The SMILES string of the molecule is CCC(CC)(CNC(=NC)NCCOC)NC(C)c1ccccc1. The molecule has 0 aliphatic heterocycles. The van der Waals surface area contributed by atoms with E-state index in [1.54, 1.807) is 14.2 Å². The van der Waals surface area contributed by atoms with E-state index in [4.69, 9.17) is 4.74 Å². The molecule has 24 heavy (non-hydrogen) atoms. The van der Waals surface area contributed by atoms with Crippen molar-refractivity contribution in [3.63, 3.8) is 0 Å². The molecule has 0 saturated carbocycles. The largest absolute Gasteiger partial charge is 0.383 e. The van der Waals surface area contributed by atoms with E-state index in [-0.39, 0.29) is 5.54 Å². The molecule has 136 valence electrons. The van der Waals surface area contributed by atoms with Gasteiger partial charge in [-0.05, 0) is 25.3 Å². The van der Waals surface area contributed by atoms with Crippen molar-refractivity contribution in [2.24, 2.45) is 4.99 Å². The van der Waals surface area contributed by atoms with E-state index in [9.17, 15) is 0 Å². The van der Waals surface area contributed by atoms with Gasteiger partial charge in [0, 0.05) is 38.8 Å². The third-order valence-electron chi connectivity index (χ3n) is 4.59. The Morgan fingerprint density at radius 2 is 1.83 bits per heavy atom. The zero-order valence-electron chi connectivity index (χ0n) is 15.9. The van der Waals surface area contributed by atoms with Gasteiger partial charge < -0.3 is 20.7 Å². The maximum absolute atomic E-state index is 5.07. The zero-order chi connectivity index (χ0) is 17.8. The lowest BCUT2D eigenvalue weighted by molar-refractivity contribution is 0.203. The van der Waals surface area contributed by atoms with Crippen molar-refractivity contribution < 1.29 is 4.74 Å². The highest BCUT2D eigenvalue weighted by Gasteiger charge is 2.28. The molecule has 1 rings (SSSR count). The lowest BCUT2D eigenvalue weighted by Crippen LogP contribution is -2.55. The van der Waals surface area contributed by atoms with Crippen molar-refractivity contribution >= 4 is 5.96 Å². The Balaban J connectivity index is 2.66.